The standard InChI is InChI=1S/C21H23ClFN3O/c22-19-15-18(23)8-9-20(19)24-21(27)16-26-13-11-25(12-14-26)10-4-7-17-5-2-1-3-6-17/h1-9,15H,10-14,16H2,(H,24,27)/b7-4+. The van der Waals surface area contributed by atoms with Crippen molar-refractivity contribution >= 4 is 29.3 Å². The molecule has 0 atom stereocenters. The molecule has 6 heteroatoms. The van der Waals surface area contributed by atoms with Crippen molar-refractivity contribution in [3.8, 4) is 0 Å². The molecular formula is C21H23ClFN3O. The Labute approximate surface area is 164 Å². The summed E-state index contributed by atoms with van der Waals surface area (Å²) in [7, 11) is 0. The summed E-state index contributed by atoms with van der Waals surface area (Å²) in [5, 5.41) is 2.95. The molecule has 2 aromatic carbocycles. The minimum atomic E-state index is -0.421. The first-order valence-electron chi connectivity index (χ1n) is 9.01. The van der Waals surface area contributed by atoms with Crippen LogP contribution < -0.4 is 5.32 Å². The summed E-state index contributed by atoms with van der Waals surface area (Å²) >= 11 is 5.95. The van der Waals surface area contributed by atoms with E-state index in [0.717, 1.165) is 32.7 Å². The van der Waals surface area contributed by atoms with E-state index in [1.54, 1.807) is 0 Å². The van der Waals surface area contributed by atoms with Gasteiger partial charge in [-0.15, -0.1) is 0 Å². The van der Waals surface area contributed by atoms with Crippen LogP contribution in [0.5, 0.6) is 0 Å². The lowest BCUT2D eigenvalue weighted by molar-refractivity contribution is -0.117. The topological polar surface area (TPSA) is 35.6 Å². The van der Waals surface area contributed by atoms with Gasteiger partial charge in [-0.3, -0.25) is 14.6 Å². The largest absolute Gasteiger partial charge is 0.324 e. The van der Waals surface area contributed by atoms with Crippen LogP contribution >= 0.6 is 11.6 Å². The molecule has 1 aliphatic heterocycles. The molecular weight excluding hydrogens is 365 g/mol. The smallest absolute Gasteiger partial charge is 0.238 e. The average Bonchev–Trinajstić information content (AvgIpc) is 2.66. The van der Waals surface area contributed by atoms with Gasteiger partial charge < -0.3 is 5.32 Å². The molecule has 0 saturated carbocycles. The maximum absolute atomic E-state index is 13.1. The highest BCUT2D eigenvalue weighted by molar-refractivity contribution is 6.33. The van der Waals surface area contributed by atoms with Gasteiger partial charge in [-0.1, -0.05) is 54.1 Å². The molecule has 0 aromatic heterocycles. The van der Waals surface area contributed by atoms with Gasteiger partial charge in [0.05, 0.1) is 17.3 Å². The lowest BCUT2D eigenvalue weighted by atomic mass is 10.2. The summed E-state index contributed by atoms with van der Waals surface area (Å²) in [4.78, 5) is 16.7. The van der Waals surface area contributed by atoms with Crippen LogP contribution in [0.1, 0.15) is 5.56 Å². The maximum atomic E-state index is 13.1. The van der Waals surface area contributed by atoms with Gasteiger partial charge in [0.15, 0.2) is 0 Å². The van der Waals surface area contributed by atoms with E-state index in [4.69, 9.17) is 11.6 Å². The summed E-state index contributed by atoms with van der Waals surface area (Å²) in [6, 6.07) is 14.2. The molecule has 1 saturated heterocycles. The van der Waals surface area contributed by atoms with Crippen LogP contribution in [0.15, 0.2) is 54.6 Å². The number of carbonyl (C=O) groups is 1. The van der Waals surface area contributed by atoms with E-state index < -0.39 is 5.82 Å². The molecule has 27 heavy (non-hydrogen) atoms. The summed E-state index contributed by atoms with van der Waals surface area (Å²) in [5.41, 5.74) is 1.64. The quantitative estimate of drug-likeness (QED) is 0.820. The van der Waals surface area contributed by atoms with Gasteiger partial charge in [0.1, 0.15) is 5.82 Å². The number of halogens is 2. The average molecular weight is 388 g/mol. The van der Waals surface area contributed by atoms with Gasteiger partial charge in [-0.2, -0.15) is 0 Å². The molecule has 0 radical (unpaired) electrons. The van der Waals surface area contributed by atoms with Crippen molar-refractivity contribution in [2.75, 3.05) is 44.6 Å². The summed E-state index contributed by atoms with van der Waals surface area (Å²) in [6.07, 6.45) is 4.31. The number of hydrogen-bond donors (Lipinski definition) is 1. The number of nitrogens with one attached hydrogen (secondary N) is 1. The molecule has 0 aliphatic carbocycles. The zero-order valence-electron chi connectivity index (χ0n) is 15.1. The van der Waals surface area contributed by atoms with Gasteiger partial charge >= 0.3 is 0 Å². The van der Waals surface area contributed by atoms with E-state index in [1.807, 2.05) is 18.2 Å². The molecule has 0 spiro atoms. The Kier molecular flexibility index (Phi) is 6.98. The van der Waals surface area contributed by atoms with Crippen molar-refractivity contribution in [1.82, 2.24) is 9.80 Å². The molecule has 1 amide bonds. The monoisotopic (exact) mass is 387 g/mol. The van der Waals surface area contributed by atoms with Gasteiger partial charge in [0.25, 0.3) is 0 Å². The fraction of sp³-hybridized carbons (Fsp3) is 0.286. The van der Waals surface area contributed by atoms with E-state index >= 15 is 0 Å². The van der Waals surface area contributed by atoms with E-state index in [1.165, 1.54) is 23.8 Å². The van der Waals surface area contributed by atoms with Crippen LogP contribution in [0, 0.1) is 5.82 Å². The Morgan fingerprint density at radius 2 is 1.78 bits per heavy atom. The SMILES string of the molecule is O=C(CN1CCN(C/C=C/c2ccccc2)CC1)Nc1ccc(F)cc1Cl. The zero-order valence-corrected chi connectivity index (χ0v) is 15.8. The Morgan fingerprint density at radius 1 is 1.07 bits per heavy atom. The van der Waals surface area contributed by atoms with E-state index in [2.05, 4.69) is 39.4 Å². The molecule has 1 aliphatic rings. The van der Waals surface area contributed by atoms with Crippen molar-refractivity contribution in [1.29, 1.82) is 0 Å². The molecule has 1 heterocycles. The Bertz CT molecular complexity index is 789. The molecule has 1 N–H and O–H groups in total. The Morgan fingerprint density at radius 3 is 2.48 bits per heavy atom. The van der Waals surface area contributed by atoms with Crippen LogP contribution in [-0.4, -0.2) is 55.0 Å². The van der Waals surface area contributed by atoms with Gasteiger partial charge in [-0.05, 0) is 23.8 Å². The summed E-state index contributed by atoms with van der Waals surface area (Å²) < 4.78 is 13.1. The molecule has 4 nitrogen and oxygen atoms in total. The van der Waals surface area contributed by atoms with Gasteiger partial charge in [0.2, 0.25) is 5.91 Å². The molecule has 3 rings (SSSR count). The summed E-state index contributed by atoms with van der Waals surface area (Å²) in [6.45, 7) is 4.72. The first-order valence-corrected chi connectivity index (χ1v) is 9.39. The fourth-order valence-electron chi connectivity index (χ4n) is 3.02. The number of nitrogens with zero attached hydrogens (tertiary/aromatic N) is 2. The van der Waals surface area contributed by atoms with Crippen molar-refractivity contribution in [3.63, 3.8) is 0 Å². The number of piperazine rings is 1. The highest BCUT2D eigenvalue weighted by atomic mass is 35.5. The van der Waals surface area contributed by atoms with E-state index in [0.29, 0.717) is 12.2 Å². The van der Waals surface area contributed by atoms with Gasteiger partial charge in [-0.25, -0.2) is 4.39 Å². The van der Waals surface area contributed by atoms with E-state index in [-0.39, 0.29) is 10.9 Å². The molecule has 0 bridgehead atoms. The Balaban J connectivity index is 1.40. The number of amides is 1. The normalized spacial score (nSPS) is 15.9. The number of carbonyl (C=O) groups excluding carboxylic acids is 1. The second-order valence-corrected chi connectivity index (χ2v) is 6.97. The van der Waals surface area contributed by atoms with Gasteiger partial charge in [0, 0.05) is 32.7 Å². The number of rotatable bonds is 6. The third-order valence-corrected chi connectivity index (χ3v) is 4.82. The highest BCUT2D eigenvalue weighted by Gasteiger charge is 2.18. The lowest BCUT2D eigenvalue weighted by Gasteiger charge is -2.33. The molecule has 2 aromatic rings. The first-order chi connectivity index (χ1) is 13.1. The van der Waals surface area contributed by atoms with Crippen LogP contribution in [0.4, 0.5) is 10.1 Å². The summed E-state index contributed by atoms with van der Waals surface area (Å²) in [5.74, 6) is -0.559. The predicted molar refractivity (Wildman–Crippen MR) is 108 cm³/mol. The van der Waals surface area contributed by atoms with Crippen molar-refractivity contribution in [3.05, 3.63) is 71.0 Å². The van der Waals surface area contributed by atoms with Crippen LogP contribution in [0.2, 0.25) is 5.02 Å². The third-order valence-electron chi connectivity index (χ3n) is 4.51. The Hall–Kier alpha value is -2.21. The van der Waals surface area contributed by atoms with E-state index in [9.17, 15) is 9.18 Å². The fourth-order valence-corrected chi connectivity index (χ4v) is 3.23. The first kappa shape index (κ1) is 19.5. The molecule has 0 unspecified atom stereocenters. The predicted octanol–water partition coefficient (Wildman–Crippen LogP) is 3.75. The van der Waals surface area contributed by atoms with Crippen LogP contribution in [0.3, 0.4) is 0 Å². The second kappa shape index (κ2) is 9.65. The van der Waals surface area contributed by atoms with Crippen molar-refractivity contribution in [2.45, 2.75) is 0 Å². The third kappa shape index (κ3) is 6.17. The molecule has 1 fully saturated rings. The minimum Gasteiger partial charge on any atom is -0.324 e. The molecule has 142 valence electrons. The second-order valence-electron chi connectivity index (χ2n) is 6.56. The maximum Gasteiger partial charge on any atom is 0.238 e. The number of benzene rings is 2. The highest BCUT2D eigenvalue weighted by Crippen LogP contribution is 2.22. The number of hydrogen-bond acceptors (Lipinski definition) is 3. The lowest BCUT2D eigenvalue weighted by Crippen LogP contribution is -2.48. The minimum absolute atomic E-state index is 0.138. The van der Waals surface area contributed by atoms with Crippen molar-refractivity contribution in [2.24, 2.45) is 0 Å². The number of anilines is 1. The van der Waals surface area contributed by atoms with Crippen molar-refractivity contribution < 1.29 is 9.18 Å². The zero-order chi connectivity index (χ0) is 19.1. The van der Waals surface area contributed by atoms with Crippen LogP contribution in [-0.2, 0) is 4.79 Å². The van der Waals surface area contributed by atoms with Crippen LogP contribution in [0.25, 0.3) is 6.08 Å².